The van der Waals surface area contributed by atoms with Gasteiger partial charge in [-0.3, -0.25) is 0 Å². The van der Waals surface area contributed by atoms with Crippen molar-refractivity contribution in [2.75, 3.05) is 24.2 Å². The van der Waals surface area contributed by atoms with E-state index in [0.29, 0.717) is 10.4 Å². The molecule has 0 saturated carbocycles. The summed E-state index contributed by atoms with van der Waals surface area (Å²) in [5.41, 5.74) is 8.68. The molecule has 1 aromatic carbocycles. The van der Waals surface area contributed by atoms with Gasteiger partial charge in [-0.1, -0.05) is 32.1 Å². The SMILES string of the molecule is CSc1cccc(N2CCCC(C)(C)CC2)c1C(N)=S. The molecule has 1 aromatic rings. The van der Waals surface area contributed by atoms with Crippen molar-refractivity contribution in [1.82, 2.24) is 0 Å². The molecule has 4 heteroatoms. The van der Waals surface area contributed by atoms with E-state index >= 15 is 0 Å². The molecule has 1 saturated heterocycles. The third-order valence-electron chi connectivity index (χ3n) is 4.15. The Balaban J connectivity index is 2.35. The van der Waals surface area contributed by atoms with E-state index < -0.39 is 0 Å². The lowest BCUT2D eigenvalue weighted by Crippen LogP contribution is -2.28. The molecule has 0 aliphatic carbocycles. The van der Waals surface area contributed by atoms with Gasteiger partial charge in [-0.25, -0.2) is 0 Å². The fourth-order valence-electron chi connectivity index (χ4n) is 2.86. The van der Waals surface area contributed by atoms with Crippen LogP contribution in [-0.4, -0.2) is 24.3 Å². The van der Waals surface area contributed by atoms with Crippen LogP contribution < -0.4 is 10.6 Å². The van der Waals surface area contributed by atoms with Gasteiger partial charge in [-0.15, -0.1) is 11.8 Å². The molecule has 1 aliphatic heterocycles. The van der Waals surface area contributed by atoms with Gasteiger partial charge in [0.2, 0.25) is 0 Å². The van der Waals surface area contributed by atoms with Crippen molar-refractivity contribution < 1.29 is 0 Å². The first-order chi connectivity index (χ1) is 9.44. The molecule has 1 fully saturated rings. The number of rotatable bonds is 3. The maximum absolute atomic E-state index is 5.98. The predicted molar refractivity (Wildman–Crippen MR) is 94.0 cm³/mol. The Morgan fingerprint density at radius 1 is 1.30 bits per heavy atom. The Bertz CT molecular complexity index is 497. The molecule has 0 radical (unpaired) electrons. The molecular weight excluding hydrogens is 284 g/mol. The van der Waals surface area contributed by atoms with Crippen LogP contribution in [0, 0.1) is 5.41 Å². The van der Waals surface area contributed by atoms with Gasteiger partial charge in [0, 0.05) is 29.2 Å². The summed E-state index contributed by atoms with van der Waals surface area (Å²) < 4.78 is 0. The zero-order valence-corrected chi connectivity index (χ0v) is 14.2. The summed E-state index contributed by atoms with van der Waals surface area (Å²) in [6.07, 6.45) is 5.81. The summed E-state index contributed by atoms with van der Waals surface area (Å²) in [7, 11) is 0. The fraction of sp³-hybridized carbons (Fsp3) is 0.562. The van der Waals surface area contributed by atoms with Gasteiger partial charge in [-0.05, 0) is 43.1 Å². The van der Waals surface area contributed by atoms with Crippen molar-refractivity contribution in [3.63, 3.8) is 0 Å². The average molecular weight is 309 g/mol. The maximum Gasteiger partial charge on any atom is 0.107 e. The lowest BCUT2D eigenvalue weighted by atomic mass is 9.85. The van der Waals surface area contributed by atoms with Gasteiger partial charge in [0.05, 0.1) is 0 Å². The van der Waals surface area contributed by atoms with Crippen LogP contribution in [0.1, 0.15) is 38.7 Å². The van der Waals surface area contributed by atoms with Crippen molar-refractivity contribution in [3.05, 3.63) is 23.8 Å². The summed E-state index contributed by atoms with van der Waals surface area (Å²) in [6, 6.07) is 6.37. The van der Waals surface area contributed by atoms with E-state index in [1.807, 2.05) is 0 Å². The lowest BCUT2D eigenvalue weighted by Gasteiger charge is -2.27. The lowest BCUT2D eigenvalue weighted by molar-refractivity contribution is 0.325. The summed E-state index contributed by atoms with van der Waals surface area (Å²) in [4.78, 5) is 4.15. The van der Waals surface area contributed by atoms with Crippen LogP contribution in [0.25, 0.3) is 0 Å². The van der Waals surface area contributed by atoms with Crippen molar-refractivity contribution >= 4 is 34.7 Å². The van der Waals surface area contributed by atoms with Crippen LogP contribution >= 0.6 is 24.0 Å². The third kappa shape index (κ3) is 3.47. The second kappa shape index (κ2) is 6.35. The van der Waals surface area contributed by atoms with Gasteiger partial charge in [0.1, 0.15) is 4.99 Å². The highest BCUT2D eigenvalue weighted by atomic mass is 32.2. The number of nitrogens with zero attached hydrogens (tertiary/aromatic N) is 1. The molecule has 1 heterocycles. The van der Waals surface area contributed by atoms with E-state index in [9.17, 15) is 0 Å². The first kappa shape index (κ1) is 15.6. The van der Waals surface area contributed by atoms with Gasteiger partial charge < -0.3 is 10.6 Å². The van der Waals surface area contributed by atoms with E-state index in [0.717, 1.165) is 18.7 Å². The van der Waals surface area contributed by atoms with Gasteiger partial charge >= 0.3 is 0 Å². The first-order valence-corrected chi connectivity index (χ1v) is 8.80. The molecule has 0 atom stereocenters. The standard InChI is InChI=1S/C16H24N2S2/c1-16(2)8-5-10-18(11-9-16)12-6-4-7-13(20-3)14(12)15(17)19/h4,6-7H,5,8-11H2,1-3H3,(H2,17,19). The Morgan fingerprint density at radius 3 is 2.70 bits per heavy atom. The minimum absolute atomic E-state index is 0.440. The van der Waals surface area contributed by atoms with Crippen molar-refractivity contribution in [3.8, 4) is 0 Å². The van der Waals surface area contributed by atoms with E-state index in [2.05, 4.69) is 43.2 Å². The quantitative estimate of drug-likeness (QED) is 0.673. The molecule has 0 bridgehead atoms. The predicted octanol–water partition coefficient (Wildman–Crippen LogP) is 4.06. The van der Waals surface area contributed by atoms with Crippen LogP contribution in [0.2, 0.25) is 0 Å². The number of hydrogen-bond acceptors (Lipinski definition) is 3. The topological polar surface area (TPSA) is 29.3 Å². The molecule has 0 amide bonds. The molecule has 0 aromatic heterocycles. The number of thioether (sulfide) groups is 1. The normalized spacial score (nSPS) is 18.6. The summed E-state index contributed by atoms with van der Waals surface area (Å²) in [5, 5.41) is 0. The van der Waals surface area contributed by atoms with E-state index in [1.165, 1.54) is 29.8 Å². The Morgan fingerprint density at radius 2 is 2.05 bits per heavy atom. The fourth-order valence-corrected chi connectivity index (χ4v) is 3.78. The molecule has 0 spiro atoms. The molecule has 110 valence electrons. The largest absolute Gasteiger partial charge is 0.389 e. The van der Waals surface area contributed by atoms with Crippen molar-refractivity contribution in [2.45, 2.75) is 38.0 Å². The number of hydrogen-bond donors (Lipinski definition) is 1. The van der Waals surface area contributed by atoms with Crippen LogP contribution in [0.5, 0.6) is 0 Å². The third-order valence-corrected chi connectivity index (χ3v) is 5.14. The highest BCUT2D eigenvalue weighted by Gasteiger charge is 2.25. The van der Waals surface area contributed by atoms with Crippen molar-refractivity contribution in [2.24, 2.45) is 11.1 Å². The van der Waals surface area contributed by atoms with Gasteiger partial charge in [0.25, 0.3) is 0 Å². The highest BCUT2D eigenvalue weighted by molar-refractivity contribution is 7.98. The monoisotopic (exact) mass is 308 g/mol. The zero-order valence-electron chi connectivity index (χ0n) is 12.6. The molecule has 2 N–H and O–H groups in total. The second-order valence-corrected chi connectivity index (χ2v) is 7.51. The minimum atomic E-state index is 0.440. The van der Waals surface area contributed by atoms with Gasteiger partial charge in [-0.2, -0.15) is 0 Å². The van der Waals surface area contributed by atoms with Gasteiger partial charge in [0.15, 0.2) is 0 Å². The van der Waals surface area contributed by atoms with E-state index in [1.54, 1.807) is 11.8 Å². The number of nitrogens with two attached hydrogens (primary N) is 1. The second-order valence-electron chi connectivity index (χ2n) is 6.22. The molecule has 2 nitrogen and oxygen atoms in total. The van der Waals surface area contributed by atoms with Crippen LogP contribution in [0.3, 0.4) is 0 Å². The molecular formula is C16H24N2S2. The minimum Gasteiger partial charge on any atom is -0.389 e. The number of anilines is 1. The first-order valence-electron chi connectivity index (χ1n) is 7.16. The van der Waals surface area contributed by atoms with E-state index in [4.69, 9.17) is 18.0 Å². The zero-order chi connectivity index (χ0) is 14.8. The Hall–Kier alpha value is -0.740. The number of thiocarbonyl (C=S) groups is 1. The summed E-state index contributed by atoms with van der Waals surface area (Å²) >= 11 is 7.00. The Kier molecular flexibility index (Phi) is 4.97. The van der Waals surface area contributed by atoms with Crippen molar-refractivity contribution in [1.29, 1.82) is 0 Å². The molecule has 1 aliphatic rings. The van der Waals surface area contributed by atoms with E-state index in [-0.39, 0.29) is 0 Å². The Labute approximate surface area is 132 Å². The summed E-state index contributed by atoms with van der Waals surface area (Å²) in [5.74, 6) is 0. The van der Waals surface area contributed by atoms with Crippen LogP contribution in [-0.2, 0) is 0 Å². The maximum atomic E-state index is 5.98. The average Bonchev–Trinajstić information content (AvgIpc) is 2.58. The van der Waals surface area contributed by atoms with Crippen LogP contribution in [0.4, 0.5) is 5.69 Å². The smallest absolute Gasteiger partial charge is 0.107 e. The molecule has 20 heavy (non-hydrogen) atoms. The highest BCUT2D eigenvalue weighted by Crippen LogP contribution is 2.35. The summed E-state index contributed by atoms with van der Waals surface area (Å²) in [6.45, 7) is 6.91. The molecule has 2 rings (SSSR count). The molecule has 0 unspecified atom stereocenters. The number of benzene rings is 1. The van der Waals surface area contributed by atoms with Crippen LogP contribution in [0.15, 0.2) is 23.1 Å².